The number of hydrogen-bond donors (Lipinski definition) is 2. The number of halogens is 1. The van der Waals surface area contributed by atoms with Gasteiger partial charge in [-0.3, -0.25) is 4.99 Å². The number of aromatic nitrogens is 1. The Labute approximate surface area is 153 Å². The predicted octanol–water partition coefficient (Wildman–Crippen LogP) is 3.67. The van der Waals surface area contributed by atoms with Crippen molar-refractivity contribution < 1.29 is 4.39 Å². The van der Waals surface area contributed by atoms with Crippen molar-refractivity contribution in [3.05, 3.63) is 51.7 Å². The fraction of sp³-hybridized carbons (Fsp3) is 0.474. The van der Waals surface area contributed by atoms with Crippen molar-refractivity contribution in [2.45, 2.75) is 39.5 Å². The number of guanidine groups is 1. The maximum absolute atomic E-state index is 13.1. The Balaban J connectivity index is 1.94. The summed E-state index contributed by atoms with van der Waals surface area (Å²) in [6.45, 7) is 10.5. The van der Waals surface area contributed by atoms with E-state index >= 15 is 0 Å². The van der Waals surface area contributed by atoms with E-state index < -0.39 is 0 Å². The molecule has 0 amide bonds. The number of nitrogens with zero attached hydrogens (tertiary/aromatic N) is 2. The first-order valence-corrected chi connectivity index (χ1v) is 9.48. The van der Waals surface area contributed by atoms with Gasteiger partial charge in [0.1, 0.15) is 5.82 Å². The Morgan fingerprint density at radius 3 is 2.56 bits per heavy atom. The fourth-order valence-electron chi connectivity index (χ4n) is 2.44. The van der Waals surface area contributed by atoms with E-state index in [1.54, 1.807) is 11.3 Å². The zero-order chi connectivity index (χ0) is 18.3. The molecule has 1 heterocycles. The number of aryl methyl sites for hydroxylation is 1. The molecule has 0 fully saturated rings. The molecule has 0 aliphatic carbocycles. The number of hydrogen-bond acceptors (Lipinski definition) is 3. The van der Waals surface area contributed by atoms with Crippen molar-refractivity contribution in [2.24, 2.45) is 4.99 Å². The first kappa shape index (κ1) is 19.4. The smallest absolute Gasteiger partial charge is 0.191 e. The molecule has 0 atom stereocenters. The van der Waals surface area contributed by atoms with Crippen LogP contribution in [0.2, 0.25) is 0 Å². The maximum Gasteiger partial charge on any atom is 0.191 e. The van der Waals surface area contributed by atoms with Crippen LogP contribution in [0.15, 0.2) is 34.6 Å². The summed E-state index contributed by atoms with van der Waals surface area (Å²) in [6, 6.07) is 6.66. The van der Waals surface area contributed by atoms with Gasteiger partial charge in [0, 0.05) is 30.3 Å². The first-order valence-electron chi connectivity index (χ1n) is 8.60. The van der Waals surface area contributed by atoms with Gasteiger partial charge in [0.25, 0.3) is 0 Å². The highest BCUT2D eigenvalue weighted by Gasteiger charge is 2.20. The molecule has 0 bridgehead atoms. The molecule has 1 aromatic heterocycles. The van der Waals surface area contributed by atoms with Crippen LogP contribution >= 0.6 is 11.3 Å². The second-order valence-corrected chi connectivity index (χ2v) is 7.68. The molecule has 2 rings (SSSR count). The molecule has 0 aliphatic heterocycles. The lowest BCUT2D eigenvalue weighted by Crippen LogP contribution is -2.39. The second kappa shape index (κ2) is 8.94. The standard InChI is InChI=1S/C19H27FN4S/c1-5-21-18(22-11-10-17-12-25-14(2)24-17)23-13-19(3,4)15-6-8-16(20)9-7-15/h6-9,12H,5,10-11,13H2,1-4H3,(H2,21,22,23). The molecule has 25 heavy (non-hydrogen) atoms. The SMILES string of the molecule is CCNC(=NCC(C)(C)c1ccc(F)cc1)NCCc1csc(C)n1. The minimum absolute atomic E-state index is 0.165. The summed E-state index contributed by atoms with van der Waals surface area (Å²) in [5, 5.41) is 9.81. The van der Waals surface area contributed by atoms with E-state index in [1.807, 2.05) is 26.0 Å². The van der Waals surface area contributed by atoms with Gasteiger partial charge in [0.2, 0.25) is 0 Å². The maximum atomic E-state index is 13.1. The summed E-state index contributed by atoms with van der Waals surface area (Å²) >= 11 is 1.67. The van der Waals surface area contributed by atoms with Crippen LogP contribution in [0.5, 0.6) is 0 Å². The van der Waals surface area contributed by atoms with Gasteiger partial charge in [0.05, 0.1) is 17.2 Å². The summed E-state index contributed by atoms with van der Waals surface area (Å²) in [7, 11) is 0. The molecule has 136 valence electrons. The zero-order valence-electron chi connectivity index (χ0n) is 15.4. The van der Waals surface area contributed by atoms with Gasteiger partial charge in [-0.2, -0.15) is 0 Å². The molecule has 4 nitrogen and oxygen atoms in total. The van der Waals surface area contributed by atoms with Gasteiger partial charge >= 0.3 is 0 Å². The first-order chi connectivity index (χ1) is 11.9. The highest BCUT2D eigenvalue weighted by molar-refractivity contribution is 7.09. The molecular formula is C19H27FN4S. The largest absolute Gasteiger partial charge is 0.357 e. The molecule has 0 unspecified atom stereocenters. The Hall–Kier alpha value is -1.95. The normalized spacial score (nSPS) is 12.3. The summed E-state index contributed by atoms with van der Waals surface area (Å²) in [5.41, 5.74) is 2.02. The van der Waals surface area contributed by atoms with Gasteiger partial charge in [-0.1, -0.05) is 26.0 Å². The van der Waals surface area contributed by atoms with Gasteiger partial charge in [-0.15, -0.1) is 11.3 Å². The lowest BCUT2D eigenvalue weighted by atomic mass is 9.85. The van der Waals surface area contributed by atoms with Crippen LogP contribution < -0.4 is 10.6 Å². The number of aliphatic imine (C=N–C) groups is 1. The lowest BCUT2D eigenvalue weighted by molar-refractivity contribution is 0.534. The summed E-state index contributed by atoms with van der Waals surface area (Å²) in [5.74, 6) is 0.583. The average molecular weight is 363 g/mol. The molecular weight excluding hydrogens is 335 g/mol. The van der Waals surface area contributed by atoms with Gasteiger partial charge in [0.15, 0.2) is 5.96 Å². The Bertz CT molecular complexity index is 692. The molecule has 2 aromatic rings. The molecule has 0 aliphatic rings. The Morgan fingerprint density at radius 1 is 1.24 bits per heavy atom. The molecule has 1 aromatic carbocycles. The predicted molar refractivity (Wildman–Crippen MR) is 104 cm³/mol. The van der Waals surface area contributed by atoms with Crippen LogP contribution in [-0.2, 0) is 11.8 Å². The summed E-state index contributed by atoms with van der Waals surface area (Å²) in [6.07, 6.45) is 0.871. The van der Waals surface area contributed by atoms with Crippen molar-refractivity contribution in [1.29, 1.82) is 0 Å². The van der Waals surface area contributed by atoms with Crippen molar-refractivity contribution in [3.8, 4) is 0 Å². The van der Waals surface area contributed by atoms with Crippen LogP contribution in [0.3, 0.4) is 0 Å². The Kier molecular flexibility index (Phi) is 6.93. The molecule has 0 saturated heterocycles. The van der Waals surface area contributed by atoms with Gasteiger partial charge < -0.3 is 10.6 Å². The van der Waals surface area contributed by atoms with Gasteiger partial charge in [-0.05, 0) is 31.5 Å². The number of benzene rings is 1. The summed E-state index contributed by atoms with van der Waals surface area (Å²) in [4.78, 5) is 9.18. The van der Waals surface area contributed by atoms with E-state index in [9.17, 15) is 4.39 Å². The minimum Gasteiger partial charge on any atom is -0.357 e. The van der Waals surface area contributed by atoms with Crippen molar-refractivity contribution in [1.82, 2.24) is 15.6 Å². The third-order valence-corrected chi connectivity index (χ3v) is 4.76. The van der Waals surface area contributed by atoms with Crippen LogP contribution in [0.25, 0.3) is 0 Å². The van der Waals surface area contributed by atoms with E-state index in [2.05, 4.69) is 34.8 Å². The summed E-state index contributed by atoms with van der Waals surface area (Å²) < 4.78 is 13.1. The van der Waals surface area contributed by atoms with Crippen molar-refractivity contribution >= 4 is 17.3 Å². The van der Waals surface area contributed by atoms with E-state index in [4.69, 9.17) is 4.99 Å². The number of thiazole rings is 1. The van der Waals surface area contributed by atoms with E-state index in [1.165, 1.54) is 12.1 Å². The second-order valence-electron chi connectivity index (χ2n) is 6.62. The molecule has 2 N–H and O–H groups in total. The van der Waals surface area contributed by atoms with Crippen molar-refractivity contribution in [2.75, 3.05) is 19.6 Å². The van der Waals surface area contributed by atoms with Crippen LogP contribution in [-0.4, -0.2) is 30.6 Å². The van der Waals surface area contributed by atoms with E-state index in [0.717, 1.165) is 41.7 Å². The van der Waals surface area contributed by atoms with Crippen LogP contribution in [0.1, 0.15) is 37.0 Å². The highest BCUT2D eigenvalue weighted by Crippen LogP contribution is 2.23. The van der Waals surface area contributed by atoms with E-state index in [-0.39, 0.29) is 11.2 Å². The molecule has 0 saturated carbocycles. The topological polar surface area (TPSA) is 49.3 Å². The lowest BCUT2D eigenvalue weighted by Gasteiger charge is -2.24. The molecule has 0 radical (unpaired) electrons. The monoisotopic (exact) mass is 362 g/mol. The third kappa shape index (κ3) is 6.12. The number of nitrogens with one attached hydrogen (secondary N) is 2. The van der Waals surface area contributed by atoms with Gasteiger partial charge in [-0.25, -0.2) is 9.37 Å². The molecule has 0 spiro atoms. The Morgan fingerprint density at radius 2 is 1.96 bits per heavy atom. The van der Waals surface area contributed by atoms with E-state index in [0.29, 0.717) is 6.54 Å². The fourth-order valence-corrected chi connectivity index (χ4v) is 3.09. The van der Waals surface area contributed by atoms with Crippen LogP contribution in [0.4, 0.5) is 4.39 Å². The highest BCUT2D eigenvalue weighted by atomic mass is 32.1. The minimum atomic E-state index is -0.213. The van der Waals surface area contributed by atoms with Crippen molar-refractivity contribution in [3.63, 3.8) is 0 Å². The quantitative estimate of drug-likeness (QED) is 0.584. The number of rotatable bonds is 7. The van der Waals surface area contributed by atoms with Crippen LogP contribution in [0, 0.1) is 12.7 Å². The third-order valence-electron chi connectivity index (χ3n) is 3.94. The molecule has 6 heteroatoms. The average Bonchev–Trinajstić information content (AvgIpc) is 2.98. The zero-order valence-corrected chi connectivity index (χ0v) is 16.2.